The molecule has 2 saturated heterocycles. The molecule has 0 radical (unpaired) electrons. The monoisotopic (exact) mass is 289 g/mol. The average Bonchev–Trinajstić information content (AvgIpc) is 2.47. The van der Waals surface area contributed by atoms with Crippen LogP contribution in [0.4, 0.5) is 0 Å². The second-order valence-electron chi connectivity index (χ2n) is 6.13. The van der Waals surface area contributed by atoms with E-state index < -0.39 is 5.79 Å². The van der Waals surface area contributed by atoms with Crippen LogP contribution in [0, 0.1) is 13.8 Å². The number of benzene rings is 1. The van der Waals surface area contributed by atoms with Gasteiger partial charge in [0.1, 0.15) is 0 Å². The van der Waals surface area contributed by atoms with Crippen LogP contribution in [-0.4, -0.2) is 42.9 Å². The van der Waals surface area contributed by atoms with Crippen LogP contribution in [0.1, 0.15) is 40.7 Å². The Labute approximate surface area is 126 Å². The Balaban J connectivity index is 1.67. The molecule has 0 aliphatic carbocycles. The minimum absolute atomic E-state index is 0.118. The fourth-order valence-corrected chi connectivity index (χ4v) is 3.24. The number of hydrogen-bond acceptors (Lipinski definition) is 3. The van der Waals surface area contributed by atoms with Crippen molar-refractivity contribution in [1.29, 1.82) is 0 Å². The average molecular weight is 289 g/mol. The predicted octanol–water partition coefficient (Wildman–Crippen LogP) is 2.67. The molecule has 0 saturated carbocycles. The number of hydrogen-bond donors (Lipinski definition) is 0. The Hall–Kier alpha value is -1.39. The van der Waals surface area contributed by atoms with Gasteiger partial charge in [0.15, 0.2) is 5.79 Å². The van der Waals surface area contributed by atoms with Crippen molar-refractivity contribution >= 4 is 5.91 Å². The largest absolute Gasteiger partial charge is 0.350 e. The fourth-order valence-electron chi connectivity index (χ4n) is 3.24. The van der Waals surface area contributed by atoms with Gasteiger partial charge in [-0.15, -0.1) is 0 Å². The maximum atomic E-state index is 12.6. The highest BCUT2D eigenvalue weighted by molar-refractivity contribution is 5.94. The van der Waals surface area contributed by atoms with Crippen LogP contribution in [-0.2, 0) is 9.47 Å². The van der Waals surface area contributed by atoms with Gasteiger partial charge in [-0.05, 0) is 32.4 Å². The number of ether oxygens (including phenoxy) is 2. The second-order valence-corrected chi connectivity index (χ2v) is 6.13. The summed E-state index contributed by atoms with van der Waals surface area (Å²) in [6.45, 7) is 6.99. The first-order valence-electron chi connectivity index (χ1n) is 7.73. The fraction of sp³-hybridized carbons (Fsp3) is 0.588. The molecular weight excluding hydrogens is 266 g/mol. The van der Waals surface area contributed by atoms with Crippen LogP contribution in [0.5, 0.6) is 0 Å². The van der Waals surface area contributed by atoms with E-state index in [4.69, 9.17) is 9.47 Å². The van der Waals surface area contributed by atoms with E-state index in [0.717, 1.165) is 49.2 Å². The maximum Gasteiger partial charge on any atom is 0.253 e. The van der Waals surface area contributed by atoms with Crippen molar-refractivity contribution in [3.63, 3.8) is 0 Å². The number of aryl methyl sites for hydroxylation is 2. The lowest BCUT2D eigenvalue weighted by Crippen LogP contribution is -2.51. The van der Waals surface area contributed by atoms with Gasteiger partial charge in [-0.25, -0.2) is 0 Å². The van der Waals surface area contributed by atoms with Crippen molar-refractivity contribution in [2.24, 2.45) is 0 Å². The number of rotatable bonds is 1. The zero-order chi connectivity index (χ0) is 14.9. The predicted molar refractivity (Wildman–Crippen MR) is 80.3 cm³/mol. The van der Waals surface area contributed by atoms with Crippen LogP contribution < -0.4 is 0 Å². The number of carbonyl (C=O) groups is 1. The third-order valence-electron chi connectivity index (χ3n) is 4.30. The highest BCUT2D eigenvalue weighted by Crippen LogP contribution is 2.31. The van der Waals surface area contributed by atoms with Crippen molar-refractivity contribution in [3.8, 4) is 0 Å². The van der Waals surface area contributed by atoms with Gasteiger partial charge in [0, 0.05) is 31.5 Å². The Bertz CT molecular complexity index is 505. The van der Waals surface area contributed by atoms with Crippen LogP contribution in [0.2, 0.25) is 0 Å². The molecular formula is C17H23NO3. The number of amides is 1. The summed E-state index contributed by atoms with van der Waals surface area (Å²) in [5, 5.41) is 0. The van der Waals surface area contributed by atoms with Gasteiger partial charge in [-0.3, -0.25) is 4.79 Å². The lowest BCUT2D eigenvalue weighted by atomic mass is 10.0. The van der Waals surface area contributed by atoms with Crippen LogP contribution >= 0.6 is 0 Å². The molecule has 3 rings (SSSR count). The SMILES string of the molecule is Cc1cc(C)cc(C(=O)N2CCC3(CC2)OCCCO3)c1. The van der Waals surface area contributed by atoms with E-state index in [1.54, 1.807) is 0 Å². The summed E-state index contributed by atoms with van der Waals surface area (Å²) in [4.78, 5) is 14.5. The number of likely N-dealkylation sites (tertiary alicyclic amines) is 1. The van der Waals surface area contributed by atoms with E-state index in [2.05, 4.69) is 6.07 Å². The molecule has 0 bridgehead atoms. The number of piperidine rings is 1. The standard InChI is InChI=1S/C17H23NO3/c1-13-10-14(2)12-15(11-13)16(19)18-6-4-17(5-7-18)20-8-3-9-21-17/h10-12H,3-9H2,1-2H3. The van der Waals surface area contributed by atoms with Gasteiger partial charge in [0.05, 0.1) is 13.2 Å². The number of carbonyl (C=O) groups excluding carboxylic acids is 1. The first-order valence-corrected chi connectivity index (χ1v) is 7.73. The van der Waals surface area contributed by atoms with E-state index in [-0.39, 0.29) is 5.91 Å². The van der Waals surface area contributed by atoms with Crippen LogP contribution in [0.15, 0.2) is 18.2 Å². The Kier molecular flexibility index (Phi) is 4.00. The van der Waals surface area contributed by atoms with Gasteiger partial charge in [0.2, 0.25) is 0 Å². The molecule has 114 valence electrons. The topological polar surface area (TPSA) is 38.8 Å². The highest BCUT2D eigenvalue weighted by atomic mass is 16.7. The van der Waals surface area contributed by atoms with Gasteiger partial charge in [0.25, 0.3) is 5.91 Å². The van der Waals surface area contributed by atoms with Crippen LogP contribution in [0.25, 0.3) is 0 Å². The Morgan fingerprint density at radius 2 is 1.62 bits per heavy atom. The molecule has 0 aromatic heterocycles. The molecule has 0 atom stereocenters. The molecule has 1 spiro atoms. The minimum Gasteiger partial charge on any atom is -0.350 e. The van der Waals surface area contributed by atoms with Gasteiger partial charge in [-0.2, -0.15) is 0 Å². The lowest BCUT2D eigenvalue weighted by Gasteiger charge is -2.43. The first kappa shape index (κ1) is 14.5. The molecule has 2 fully saturated rings. The molecule has 1 aromatic rings. The normalized spacial score (nSPS) is 21.5. The summed E-state index contributed by atoms with van der Waals surface area (Å²) >= 11 is 0. The quantitative estimate of drug-likeness (QED) is 0.798. The van der Waals surface area contributed by atoms with E-state index >= 15 is 0 Å². The van der Waals surface area contributed by atoms with Crippen molar-refractivity contribution in [2.45, 2.75) is 38.9 Å². The van der Waals surface area contributed by atoms with Crippen molar-refractivity contribution in [2.75, 3.05) is 26.3 Å². The van der Waals surface area contributed by atoms with E-state index in [1.165, 1.54) is 0 Å². The second kappa shape index (κ2) is 5.78. The van der Waals surface area contributed by atoms with Gasteiger partial charge >= 0.3 is 0 Å². The molecule has 2 aliphatic rings. The Morgan fingerprint density at radius 3 is 2.19 bits per heavy atom. The zero-order valence-electron chi connectivity index (χ0n) is 12.9. The molecule has 1 amide bonds. The molecule has 2 heterocycles. The summed E-state index contributed by atoms with van der Waals surface area (Å²) in [5.74, 6) is -0.315. The summed E-state index contributed by atoms with van der Waals surface area (Å²) < 4.78 is 11.6. The van der Waals surface area contributed by atoms with Crippen LogP contribution in [0.3, 0.4) is 0 Å². The summed E-state index contributed by atoms with van der Waals surface area (Å²) in [6, 6.07) is 6.02. The highest BCUT2D eigenvalue weighted by Gasteiger charge is 2.39. The third kappa shape index (κ3) is 3.11. The first-order chi connectivity index (χ1) is 10.1. The van der Waals surface area contributed by atoms with E-state index in [9.17, 15) is 4.79 Å². The molecule has 21 heavy (non-hydrogen) atoms. The smallest absolute Gasteiger partial charge is 0.253 e. The molecule has 4 heteroatoms. The van der Waals surface area contributed by atoms with Crippen molar-refractivity contribution in [1.82, 2.24) is 4.90 Å². The van der Waals surface area contributed by atoms with Gasteiger partial charge < -0.3 is 14.4 Å². The van der Waals surface area contributed by atoms with E-state index in [0.29, 0.717) is 13.1 Å². The molecule has 1 aromatic carbocycles. The summed E-state index contributed by atoms with van der Waals surface area (Å²) in [6.07, 6.45) is 2.50. The van der Waals surface area contributed by atoms with E-state index in [1.807, 2.05) is 30.9 Å². The molecule has 0 unspecified atom stereocenters. The molecule has 2 aliphatic heterocycles. The summed E-state index contributed by atoms with van der Waals surface area (Å²) in [5.41, 5.74) is 3.05. The number of nitrogens with zero attached hydrogens (tertiary/aromatic N) is 1. The Morgan fingerprint density at radius 1 is 1.05 bits per heavy atom. The van der Waals surface area contributed by atoms with Crippen molar-refractivity contribution in [3.05, 3.63) is 34.9 Å². The third-order valence-corrected chi connectivity index (χ3v) is 4.30. The summed E-state index contributed by atoms with van der Waals surface area (Å²) in [7, 11) is 0. The maximum absolute atomic E-state index is 12.6. The van der Waals surface area contributed by atoms with Gasteiger partial charge in [-0.1, -0.05) is 17.2 Å². The zero-order valence-corrected chi connectivity index (χ0v) is 12.9. The molecule has 0 N–H and O–H groups in total. The minimum atomic E-state index is -0.433. The molecule has 4 nitrogen and oxygen atoms in total. The lowest BCUT2D eigenvalue weighted by molar-refractivity contribution is -0.281. The van der Waals surface area contributed by atoms with Crippen molar-refractivity contribution < 1.29 is 14.3 Å².